The van der Waals surface area contributed by atoms with Crippen molar-refractivity contribution in [3.63, 3.8) is 0 Å². The van der Waals surface area contributed by atoms with Gasteiger partial charge in [-0.15, -0.1) is 0 Å². The molecule has 0 aliphatic heterocycles. The van der Waals surface area contributed by atoms with E-state index in [9.17, 15) is 9.59 Å². The molecule has 5 heteroatoms. The molecular weight excluding hydrogens is 368 g/mol. The molecule has 0 atom stereocenters. The zero-order valence-electron chi connectivity index (χ0n) is 16.4. The SMILES string of the molecule is CCOc1ccccc1OCC(=O)Oc1ccc(C(=O)c2ccccc2)cc1C. The Morgan fingerprint density at radius 2 is 1.41 bits per heavy atom. The normalized spacial score (nSPS) is 10.3. The van der Waals surface area contributed by atoms with Crippen molar-refractivity contribution in [1.82, 2.24) is 0 Å². The lowest BCUT2D eigenvalue weighted by Gasteiger charge is -2.12. The number of hydrogen-bond acceptors (Lipinski definition) is 5. The van der Waals surface area contributed by atoms with Crippen molar-refractivity contribution in [2.24, 2.45) is 0 Å². The van der Waals surface area contributed by atoms with Crippen LogP contribution in [0.4, 0.5) is 0 Å². The summed E-state index contributed by atoms with van der Waals surface area (Å²) in [5, 5.41) is 0. The zero-order valence-corrected chi connectivity index (χ0v) is 16.4. The van der Waals surface area contributed by atoms with Crippen molar-refractivity contribution in [1.29, 1.82) is 0 Å². The van der Waals surface area contributed by atoms with Crippen molar-refractivity contribution in [2.45, 2.75) is 13.8 Å². The molecule has 0 saturated carbocycles. The number of carbonyl (C=O) groups is 2. The predicted octanol–water partition coefficient (Wildman–Crippen LogP) is 4.61. The molecule has 0 fully saturated rings. The van der Waals surface area contributed by atoms with Gasteiger partial charge in [-0.2, -0.15) is 0 Å². The van der Waals surface area contributed by atoms with E-state index >= 15 is 0 Å². The van der Waals surface area contributed by atoms with Crippen LogP contribution in [0.2, 0.25) is 0 Å². The standard InChI is InChI=1S/C24H22O5/c1-3-27-21-11-7-8-12-22(21)28-16-23(25)29-20-14-13-19(15-17(20)2)24(26)18-9-5-4-6-10-18/h4-15H,3,16H2,1-2H3. The monoisotopic (exact) mass is 390 g/mol. The van der Waals surface area contributed by atoms with Gasteiger partial charge in [0.25, 0.3) is 0 Å². The minimum absolute atomic E-state index is 0.0811. The highest BCUT2D eigenvalue weighted by molar-refractivity contribution is 6.09. The average molecular weight is 390 g/mol. The maximum Gasteiger partial charge on any atom is 0.349 e. The molecule has 3 aromatic carbocycles. The summed E-state index contributed by atoms with van der Waals surface area (Å²) >= 11 is 0. The second-order valence-electron chi connectivity index (χ2n) is 6.32. The molecule has 0 spiro atoms. The van der Waals surface area contributed by atoms with Crippen molar-refractivity contribution in [3.05, 3.63) is 89.5 Å². The molecule has 3 aromatic rings. The van der Waals surface area contributed by atoms with Gasteiger partial charge >= 0.3 is 5.97 Å². The number of carbonyl (C=O) groups excluding carboxylic acids is 2. The minimum Gasteiger partial charge on any atom is -0.490 e. The van der Waals surface area contributed by atoms with Gasteiger partial charge in [-0.05, 0) is 49.7 Å². The Labute approximate surface area is 169 Å². The Morgan fingerprint density at radius 3 is 2.07 bits per heavy atom. The number of ketones is 1. The average Bonchev–Trinajstić information content (AvgIpc) is 2.75. The highest BCUT2D eigenvalue weighted by Gasteiger charge is 2.14. The van der Waals surface area contributed by atoms with Crippen LogP contribution in [0, 0.1) is 6.92 Å². The van der Waals surface area contributed by atoms with Gasteiger partial charge in [-0.3, -0.25) is 4.79 Å². The van der Waals surface area contributed by atoms with Crippen LogP contribution in [0.15, 0.2) is 72.8 Å². The lowest BCUT2D eigenvalue weighted by molar-refractivity contribution is -0.136. The molecule has 148 valence electrons. The summed E-state index contributed by atoms with van der Waals surface area (Å²) in [5.41, 5.74) is 1.84. The Bertz CT molecular complexity index is 995. The third kappa shape index (κ3) is 5.23. The number of para-hydroxylation sites is 2. The number of benzene rings is 3. The molecule has 0 heterocycles. The number of hydrogen-bond donors (Lipinski definition) is 0. The highest BCUT2D eigenvalue weighted by Crippen LogP contribution is 2.26. The Hall–Kier alpha value is -3.60. The first-order valence-electron chi connectivity index (χ1n) is 9.34. The quantitative estimate of drug-likeness (QED) is 0.319. The van der Waals surface area contributed by atoms with Gasteiger partial charge in [0.05, 0.1) is 6.61 Å². The minimum atomic E-state index is -0.540. The first-order valence-corrected chi connectivity index (χ1v) is 9.34. The lowest BCUT2D eigenvalue weighted by Crippen LogP contribution is -2.18. The second kappa shape index (κ2) is 9.55. The van der Waals surface area contributed by atoms with E-state index in [1.165, 1.54) is 0 Å². The third-order valence-corrected chi connectivity index (χ3v) is 4.19. The zero-order chi connectivity index (χ0) is 20.6. The molecule has 0 unspecified atom stereocenters. The molecule has 0 aliphatic rings. The molecule has 0 aromatic heterocycles. The first-order chi connectivity index (χ1) is 14.1. The van der Waals surface area contributed by atoms with E-state index in [0.29, 0.717) is 40.5 Å². The molecule has 0 radical (unpaired) electrons. The van der Waals surface area contributed by atoms with Crippen molar-refractivity contribution in [3.8, 4) is 17.2 Å². The van der Waals surface area contributed by atoms with Crippen LogP contribution in [0.5, 0.6) is 17.2 Å². The van der Waals surface area contributed by atoms with Gasteiger partial charge in [0, 0.05) is 11.1 Å². The topological polar surface area (TPSA) is 61.8 Å². The van der Waals surface area contributed by atoms with E-state index in [4.69, 9.17) is 14.2 Å². The molecule has 0 bridgehead atoms. The largest absolute Gasteiger partial charge is 0.490 e. The Morgan fingerprint density at radius 1 is 0.759 bits per heavy atom. The van der Waals surface area contributed by atoms with E-state index in [0.717, 1.165) is 0 Å². The molecule has 29 heavy (non-hydrogen) atoms. The fourth-order valence-corrected chi connectivity index (χ4v) is 2.79. The van der Waals surface area contributed by atoms with Crippen LogP contribution in [-0.2, 0) is 4.79 Å². The van der Waals surface area contributed by atoms with Gasteiger partial charge in [0.15, 0.2) is 23.9 Å². The summed E-state index contributed by atoms with van der Waals surface area (Å²) < 4.78 is 16.4. The van der Waals surface area contributed by atoms with Gasteiger partial charge in [0.1, 0.15) is 5.75 Å². The number of esters is 1. The molecule has 0 amide bonds. The summed E-state index contributed by atoms with van der Waals surface area (Å²) in [5.74, 6) is 0.819. The van der Waals surface area contributed by atoms with Crippen LogP contribution in [-0.4, -0.2) is 25.0 Å². The Kier molecular flexibility index (Phi) is 6.63. The summed E-state index contributed by atoms with van der Waals surface area (Å²) in [4.78, 5) is 24.7. The van der Waals surface area contributed by atoms with Crippen molar-refractivity contribution < 1.29 is 23.8 Å². The summed E-state index contributed by atoms with van der Waals surface area (Å²) in [6.07, 6.45) is 0. The van der Waals surface area contributed by atoms with E-state index in [-0.39, 0.29) is 12.4 Å². The highest BCUT2D eigenvalue weighted by atomic mass is 16.6. The maximum atomic E-state index is 12.5. The number of aryl methyl sites for hydroxylation is 1. The summed E-state index contributed by atoms with van der Waals surface area (Å²) in [6, 6.07) is 21.2. The van der Waals surface area contributed by atoms with E-state index in [1.54, 1.807) is 55.5 Å². The second-order valence-corrected chi connectivity index (χ2v) is 6.32. The van der Waals surface area contributed by atoms with Gasteiger partial charge in [-0.1, -0.05) is 42.5 Å². The van der Waals surface area contributed by atoms with Crippen LogP contribution < -0.4 is 14.2 Å². The third-order valence-electron chi connectivity index (χ3n) is 4.19. The predicted molar refractivity (Wildman–Crippen MR) is 110 cm³/mol. The number of ether oxygens (including phenoxy) is 3. The maximum absolute atomic E-state index is 12.5. The first kappa shape index (κ1) is 20.1. The molecule has 0 N–H and O–H groups in total. The van der Waals surface area contributed by atoms with E-state index in [2.05, 4.69) is 0 Å². The van der Waals surface area contributed by atoms with Gasteiger partial charge in [0.2, 0.25) is 0 Å². The molecular formula is C24H22O5. The molecule has 0 saturated heterocycles. The van der Waals surface area contributed by atoms with Crippen LogP contribution >= 0.6 is 0 Å². The van der Waals surface area contributed by atoms with Crippen LogP contribution in [0.25, 0.3) is 0 Å². The van der Waals surface area contributed by atoms with E-state index in [1.807, 2.05) is 31.2 Å². The molecule has 3 rings (SSSR count). The van der Waals surface area contributed by atoms with Gasteiger partial charge in [-0.25, -0.2) is 4.79 Å². The van der Waals surface area contributed by atoms with Gasteiger partial charge < -0.3 is 14.2 Å². The Balaban J connectivity index is 1.63. The van der Waals surface area contributed by atoms with Crippen molar-refractivity contribution in [2.75, 3.05) is 13.2 Å². The van der Waals surface area contributed by atoms with Crippen LogP contribution in [0.1, 0.15) is 28.4 Å². The van der Waals surface area contributed by atoms with E-state index < -0.39 is 5.97 Å². The fraction of sp³-hybridized carbons (Fsp3) is 0.167. The fourth-order valence-electron chi connectivity index (χ4n) is 2.79. The summed E-state index contributed by atoms with van der Waals surface area (Å²) in [6.45, 7) is 3.90. The molecule has 5 nitrogen and oxygen atoms in total. The number of rotatable bonds is 8. The lowest BCUT2D eigenvalue weighted by atomic mass is 10.0. The summed E-state index contributed by atoms with van der Waals surface area (Å²) in [7, 11) is 0. The van der Waals surface area contributed by atoms with Crippen molar-refractivity contribution >= 4 is 11.8 Å². The molecule has 0 aliphatic carbocycles. The van der Waals surface area contributed by atoms with Crippen LogP contribution in [0.3, 0.4) is 0 Å². The smallest absolute Gasteiger partial charge is 0.349 e.